The molecule has 6 nitrogen and oxygen atoms in total. The van der Waals surface area contributed by atoms with E-state index in [2.05, 4.69) is 10.5 Å². The van der Waals surface area contributed by atoms with Gasteiger partial charge in [0.2, 0.25) is 0 Å². The molecule has 0 aliphatic carbocycles. The van der Waals surface area contributed by atoms with E-state index in [1.165, 1.54) is 36.4 Å². The second kappa shape index (κ2) is 8.13. The Balaban J connectivity index is 1.81. The molecule has 31 heavy (non-hydrogen) atoms. The van der Waals surface area contributed by atoms with E-state index < -0.39 is 34.0 Å². The van der Waals surface area contributed by atoms with Crippen molar-refractivity contribution < 1.29 is 35.7 Å². The molecular formula is C19H11F6N3O3. The summed E-state index contributed by atoms with van der Waals surface area (Å²) in [6.07, 6.45) is -8.80. The van der Waals surface area contributed by atoms with Crippen molar-refractivity contribution in [1.29, 1.82) is 0 Å². The summed E-state index contributed by atoms with van der Waals surface area (Å²) in [6, 6.07) is 8.95. The summed E-state index contributed by atoms with van der Waals surface area (Å²) in [4.78, 5) is 10.0. The first-order valence-electron chi connectivity index (χ1n) is 8.37. The highest BCUT2D eigenvalue weighted by Gasteiger charge is 2.37. The molecular weight excluding hydrogens is 432 g/mol. The van der Waals surface area contributed by atoms with Crippen molar-refractivity contribution in [1.82, 2.24) is 0 Å². The van der Waals surface area contributed by atoms with Gasteiger partial charge in [-0.3, -0.25) is 15.5 Å². The molecule has 3 rings (SSSR count). The van der Waals surface area contributed by atoms with E-state index in [1.54, 1.807) is 0 Å². The Hall–Kier alpha value is -3.83. The first-order chi connectivity index (χ1) is 14.4. The van der Waals surface area contributed by atoms with E-state index in [4.69, 9.17) is 4.42 Å². The van der Waals surface area contributed by atoms with Crippen LogP contribution in [0.3, 0.4) is 0 Å². The maximum atomic E-state index is 13.0. The van der Waals surface area contributed by atoms with Gasteiger partial charge in [-0.25, -0.2) is 0 Å². The lowest BCUT2D eigenvalue weighted by Crippen LogP contribution is -2.11. The van der Waals surface area contributed by atoms with Gasteiger partial charge in [-0.2, -0.15) is 31.4 Å². The summed E-state index contributed by atoms with van der Waals surface area (Å²) in [6.45, 7) is 0. The summed E-state index contributed by atoms with van der Waals surface area (Å²) >= 11 is 0. The lowest BCUT2D eigenvalue weighted by atomic mass is 10.0. The lowest BCUT2D eigenvalue weighted by Gasteiger charge is -2.13. The number of nitrogens with zero attached hydrogens (tertiary/aromatic N) is 2. The van der Waals surface area contributed by atoms with Crippen molar-refractivity contribution in [3.05, 3.63) is 81.6 Å². The number of benzene rings is 2. The standard InChI is InChI=1S/C19H11F6N3O3/c20-18(21,22)12-7-11(8-13(9-12)19(23,24)25)17-6-5-16(31-17)10-26-27-14-1-3-15(4-2-14)28(29)30/h1-10,27H/b26-10+. The number of nitro benzene ring substituents is 1. The number of halogens is 6. The maximum absolute atomic E-state index is 13.0. The summed E-state index contributed by atoms with van der Waals surface area (Å²) in [5, 5.41) is 14.4. The van der Waals surface area contributed by atoms with Crippen LogP contribution in [-0.2, 0) is 12.4 Å². The molecule has 0 aliphatic heterocycles. The van der Waals surface area contributed by atoms with Gasteiger partial charge < -0.3 is 4.42 Å². The predicted molar refractivity (Wildman–Crippen MR) is 98.5 cm³/mol. The topological polar surface area (TPSA) is 80.7 Å². The fraction of sp³-hybridized carbons (Fsp3) is 0.105. The fourth-order valence-corrected chi connectivity index (χ4v) is 2.50. The SMILES string of the molecule is O=[N+]([O-])c1ccc(N/N=C/c2ccc(-c3cc(C(F)(F)F)cc(C(F)(F)F)c3)o2)cc1. The molecule has 162 valence electrons. The Kier molecular flexibility index (Phi) is 5.73. The molecule has 0 bridgehead atoms. The molecule has 1 N–H and O–H groups in total. The summed E-state index contributed by atoms with van der Waals surface area (Å²) < 4.78 is 83.2. The average molecular weight is 443 g/mol. The maximum Gasteiger partial charge on any atom is 0.416 e. The van der Waals surface area contributed by atoms with Gasteiger partial charge in [-0.1, -0.05) is 0 Å². The number of furan rings is 1. The molecule has 0 atom stereocenters. The predicted octanol–water partition coefficient (Wildman–Crippen LogP) is 6.34. The van der Waals surface area contributed by atoms with Crippen LogP contribution >= 0.6 is 0 Å². The van der Waals surface area contributed by atoms with Crippen LogP contribution in [0.1, 0.15) is 16.9 Å². The zero-order valence-corrected chi connectivity index (χ0v) is 15.2. The first-order valence-corrected chi connectivity index (χ1v) is 8.37. The Morgan fingerprint density at radius 2 is 1.48 bits per heavy atom. The van der Waals surface area contributed by atoms with Gasteiger partial charge in [0.1, 0.15) is 11.5 Å². The van der Waals surface area contributed by atoms with Crippen molar-refractivity contribution in [2.24, 2.45) is 5.10 Å². The van der Waals surface area contributed by atoms with E-state index >= 15 is 0 Å². The van der Waals surface area contributed by atoms with Gasteiger partial charge in [-0.15, -0.1) is 0 Å². The smallest absolute Gasteiger partial charge is 0.416 e. The van der Waals surface area contributed by atoms with E-state index in [9.17, 15) is 36.5 Å². The summed E-state index contributed by atoms with van der Waals surface area (Å²) in [5.74, 6) is -0.163. The van der Waals surface area contributed by atoms with Crippen LogP contribution in [0.4, 0.5) is 37.7 Å². The van der Waals surface area contributed by atoms with Gasteiger partial charge in [0.15, 0.2) is 0 Å². The number of hydrogen-bond donors (Lipinski definition) is 1. The summed E-state index contributed by atoms with van der Waals surface area (Å²) in [5.41, 5.74) is -0.469. The first kappa shape index (κ1) is 21.9. The third-order valence-corrected chi connectivity index (χ3v) is 3.96. The highest BCUT2D eigenvalue weighted by molar-refractivity contribution is 5.78. The number of anilines is 1. The monoisotopic (exact) mass is 443 g/mol. The van der Waals surface area contributed by atoms with E-state index in [-0.39, 0.29) is 23.3 Å². The number of rotatable bonds is 5. The van der Waals surface area contributed by atoms with Crippen LogP contribution in [0.25, 0.3) is 11.3 Å². The number of alkyl halides is 6. The highest BCUT2D eigenvalue weighted by Crippen LogP contribution is 2.38. The van der Waals surface area contributed by atoms with E-state index in [0.717, 1.165) is 6.21 Å². The zero-order chi connectivity index (χ0) is 22.8. The van der Waals surface area contributed by atoms with Gasteiger partial charge in [0.25, 0.3) is 5.69 Å². The second-order valence-electron chi connectivity index (χ2n) is 6.17. The van der Waals surface area contributed by atoms with Crippen molar-refractivity contribution in [3.8, 4) is 11.3 Å². The van der Waals surface area contributed by atoms with Crippen LogP contribution < -0.4 is 5.43 Å². The molecule has 3 aromatic rings. The summed E-state index contributed by atoms with van der Waals surface area (Å²) in [7, 11) is 0. The molecule has 2 aromatic carbocycles. The third-order valence-electron chi connectivity index (χ3n) is 3.96. The number of nitro groups is 1. The minimum atomic E-state index is -4.97. The molecule has 12 heteroatoms. The van der Waals surface area contributed by atoms with Gasteiger partial charge in [0, 0.05) is 17.7 Å². The van der Waals surface area contributed by atoms with Gasteiger partial charge in [0.05, 0.1) is 28.0 Å². The number of nitrogens with one attached hydrogen (secondary N) is 1. The molecule has 0 amide bonds. The molecule has 1 heterocycles. The zero-order valence-electron chi connectivity index (χ0n) is 15.2. The van der Waals surface area contributed by atoms with Gasteiger partial charge in [-0.05, 0) is 42.5 Å². The second-order valence-corrected chi connectivity index (χ2v) is 6.17. The Morgan fingerprint density at radius 3 is 2.00 bits per heavy atom. The van der Waals surface area contributed by atoms with Crippen LogP contribution in [0.15, 0.2) is 64.1 Å². The lowest BCUT2D eigenvalue weighted by molar-refractivity contribution is -0.384. The molecule has 0 unspecified atom stereocenters. The quantitative estimate of drug-likeness (QED) is 0.216. The number of non-ortho nitro benzene ring substituents is 1. The Morgan fingerprint density at radius 1 is 0.903 bits per heavy atom. The highest BCUT2D eigenvalue weighted by atomic mass is 19.4. The van der Waals surface area contributed by atoms with Crippen LogP contribution in [0, 0.1) is 10.1 Å². The molecule has 0 saturated carbocycles. The van der Waals surface area contributed by atoms with Crippen molar-refractivity contribution in [3.63, 3.8) is 0 Å². The Labute approximate surface area is 169 Å². The van der Waals surface area contributed by atoms with Crippen molar-refractivity contribution >= 4 is 17.6 Å². The largest absolute Gasteiger partial charge is 0.455 e. The fourth-order valence-electron chi connectivity index (χ4n) is 2.50. The van der Waals surface area contributed by atoms with Crippen LogP contribution in [-0.4, -0.2) is 11.1 Å². The third kappa shape index (κ3) is 5.41. The molecule has 1 aromatic heterocycles. The minimum Gasteiger partial charge on any atom is -0.455 e. The van der Waals surface area contributed by atoms with Crippen molar-refractivity contribution in [2.45, 2.75) is 12.4 Å². The number of hydrazone groups is 1. The van der Waals surface area contributed by atoms with Crippen molar-refractivity contribution in [2.75, 3.05) is 5.43 Å². The average Bonchev–Trinajstić information content (AvgIpc) is 3.16. The van der Waals surface area contributed by atoms with Crippen LogP contribution in [0.2, 0.25) is 0 Å². The molecule has 0 fully saturated rings. The normalized spacial score (nSPS) is 12.3. The molecule has 0 radical (unpaired) electrons. The minimum absolute atomic E-state index is 0.0307. The van der Waals surface area contributed by atoms with Gasteiger partial charge >= 0.3 is 12.4 Å². The molecule has 0 aliphatic rings. The van der Waals surface area contributed by atoms with E-state index in [1.807, 2.05) is 0 Å². The number of hydrogen-bond acceptors (Lipinski definition) is 5. The van der Waals surface area contributed by atoms with Crippen LogP contribution in [0.5, 0.6) is 0 Å². The molecule has 0 saturated heterocycles. The Bertz CT molecular complexity index is 1090. The molecule has 0 spiro atoms. The van der Waals surface area contributed by atoms with E-state index in [0.29, 0.717) is 17.8 Å².